The zero-order valence-corrected chi connectivity index (χ0v) is 20.0. The van der Waals surface area contributed by atoms with Crippen molar-refractivity contribution in [3.05, 3.63) is 40.3 Å². The fourth-order valence-electron chi connectivity index (χ4n) is 4.19. The molecule has 1 saturated heterocycles. The number of hydrogen-bond donors (Lipinski definition) is 2. The van der Waals surface area contributed by atoms with Crippen LogP contribution >= 0.6 is 0 Å². The van der Waals surface area contributed by atoms with E-state index in [0.29, 0.717) is 48.5 Å². The van der Waals surface area contributed by atoms with E-state index in [1.165, 1.54) is 21.1 Å². The quantitative estimate of drug-likeness (QED) is 0.479. The van der Waals surface area contributed by atoms with Gasteiger partial charge in [-0.1, -0.05) is 25.5 Å². The number of nitrogens with zero attached hydrogens (tertiary/aromatic N) is 5. The largest absolute Gasteiger partial charge is 0.481 e. The number of aliphatic carboxylic acids is 1. The molecule has 1 aromatic carbocycles. The summed E-state index contributed by atoms with van der Waals surface area (Å²) in [5.41, 5.74) is 1.80. The molecule has 0 spiro atoms. The van der Waals surface area contributed by atoms with E-state index >= 15 is 0 Å². The molecule has 2 N–H and O–H groups in total. The Bertz CT molecular complexity index is 1370. The minimum atomic E-state index is -3.76. The molecule has 1 fully saturated rings. The molecule has 2 aromatic heterocycles. The minimum Gasteiger partial charge on any atom is -0.481 e. The highest BCUT2D eigenvalue weighted by Crippen LogP contribution is 2.24. The van der Waals surface area contributed by atoms with Crippen molar-refractivity contribution in [3.63, 3.8) is 0 Å². The first-order valence-corrected chi connectivity index (χ1v) is 12.7. The molecule has 4 rings (SSSR count). The Morgan fingerprint density at radius 3 is 2.62 bits per heavy atom. The maximum atomic E-state index is 13.3. The molecule has 182 valence electrons. The number of rotatable bonds is 8. The highest BCUT2D eigenvalue weighted by Gasteiger charge is 2.29. The van der Waals surface area contributed by atoms with Crippen molar-refractivity contribution in [1.82, 2.24) is 29.0 Å². The SMILES string of the molecule is CCCc1nn(C)c2c(=O)[nH]c(-c3cccc(S(=O)(=O)N4CCN(CCC(=O)O)CC4)c3)nc12. The molecular formula is C22H28N6O5S. The van der Waals surface area contributed by atoms with Crippen molar-refractivity contribution in [2.45, 2.75) is 31.1 Å². The van der Waals surface area contributed by atoms with Gasteiger partial charge in [0.1, 0.15) is 11.3 Å². The number of carboxylic acids is 1. The maximum absolute atomic E-state index is 13.3. The van der Waals surface area contributed by atoms with Gasteiger partial charge in [0.25, 0.3) is 5.56 Å². The lowest BCUT2D eigenvalue weighted by Gasteiger charge is -2.33. The summed E-state index contributed by atoms with van der Waals surface area (Å²) in [4.78, 5) is 33.0. The summed E-state index contributed by atoms with van der Waals surface area (Å²) in [6, 6.07) is 6.39. The molecule has 1 aliphatic rings. The van der Waals surface area contributed by atoms with Crippen LogP contribution in [0.3, 0.4) is 0 Å². The second-order valence-corrected chi connectivity index (χ2v) is 10.3. The number of benzene rings is 1. The summed E-state index contributed by atoms with van der Waals surface area (Å²) in [5, 5.41) is 13.3. The van der Waals surface area contributed by atoms with E-state index in [2.05, 4.69) is 15.1 Å². The van der Waals surface area contributed by atoms with E-state index in [4.69, 9.17) is 5.11 Å². The van der Waals surface area contributed by atoms with Gasteiger partial charge in [-0.15, -0.1) is 0 Å². The lowest BCUT2D eigenvalue weighted by atomic mass is 10.2. The Kier molecular flexibility index (Phi) is 6.82. The van der Waals surface area contributed by atoms with Crippen LogP contribution in [0.1, 0.15) is 25.5 Å². The van der Waals surface area contributed by atoms with Gasteiger partial charge in [0.15, 0.2) is 5.52 Å². The van der Waals surface area contributed by atoms with Crippen molar-refractivity contribution in [2.24, 2.45) is 7.05 Å². The number of carboxylic acid groups (broad SMARTS) is 1. The number of carbonyl (C=O) groups is 1. The lowest BCUT2D eigenvalue weighted by Crippen LogP contribution is -2.48. The Hall–Kier alpha value is -3.09. The molecule has 0 saturated carbocycles. The van der Waals surface area contributed by atoms with Crippen LogP contribution < -0.4 is 5.56 Å². The number of aryl methyl sites for hydroxylation is 2. The molecule has 3 heterocycles. The van der Waals surface area contributed by atoms with Crippen LogP contribution in [-0.4, -0.2) is 81.2 Å². The van der Waals surface area contributed by atoms with Gasteiger partial charge < -0.3 is 15.0 Å². The molecule has 1 aliphatic heterocycles. The first-order valence-electron chi connectivity index (χ1n) is 11.2. The Labute approximate surface area is 197 Å². The average molecular weight is 489 g/mol. The third kappa shape index (κ3) is 4.74. The number of aromatic nitrogens is 4. The summed E-state index contributed by atoms with van der Waals surface area (Å²) in [6.45, 7) is 3.92. The van der Waals surface area contributed by atoms with Crippen LogP contribution in [0.15, 0.2) is 34.0 Å². The van der Waals surface area contributed by atoms with Crippen molar-refractivity contribution in [3.8, 4) is 11.4 Å². The fourth-order valence-corrected chi connectivity index (χ4v) is 5.66. The van der Waals surface area contributed by atoms with Gasteiger partial charge in [-0.05, 0) is 18.6 Å². The van der Waals surface area contributed by atoms with Crippen LogP contribution in [0.4, 0.5) is 0 Å². The van der Waals surface area contributed by atoms with Crippen LogP contribution in [-0.2, 0) is 28.3 Å². The predicted octanol–water partition coefficient (Wildman–Crippen LogP) is 1.06. The summed E-state index contributed by atoms with van der Waals surface area (Å²) >= 11 is 0. The number of sulfonamides is 1. The van der Waals surface area contributed by atoms with E-state index in [1.807, 2.05) is 11.8 Å². The normalized spacial score (nSPS) is 15.7. The van der Waals surface area contributed by atoms with Crippen molar-refractivity contribution in [2.75, 3.05) is 32.7 Å². The van der Waals surface area contributed by atoms with Gasteiger partial charge in [-0.2, -0.15) is 9.40 Å². The van der Waals surface area contributed by atoms with Crippen molar-refractivity contribution < 1.29 is 18.3 Å². The van der Waals surface area contributed by atoms with Crippen LogP contribution in [0.2, 0.25) is 0 Å². The molecule has 34 heavy (non-hydrogen) atoms. The minimum absolute atomic E-state index is 0.0290. The molecule has 0 unspecified atom stereocenters. The monoisotopic (exact) mass is 488 g/mol. The average Bonchev–Trinajstić information content (AvgIpc) is 3.14. The standard InChI is InChI=1S/C22H28N6O5S/c1-3-5-17-19-20(26(2)25-17)22(31)24-21(23-19)15-6-4-7-16(14-15)34(32,33)28-12-10-27(11-13-28)9-8-18(29)30/h4,6-7,14H,3,5,8-13H2,1-2H3,(H,29,30)(H,23,24,31). The van der Waals surface area contributed by atoms with Gasteiger partial charge in [0, 0.05) is 45.3 Å². The zero-order valence-electron chi connectivity index (χ0n) is 19.2. The third-order valence-electron chi connectivity index (χ3n) is 5.97. The maximum Gasteiger partial charge on any atom is 0.304 e. The summed E-state index contributed by atoms with van der Waals surface area (Å²) in [6.07, 6.45) is 1.56. The topological polar surface area (TPSA) is 141 Å². The van der Waals surface area contributed by atoms with E-state index in [-0.39, 0.29) is 30.0 Å². The van der Waals surface area contributed by atoms with E-state index < -0.39 is 16.0 Å². The summed E-state index contributed by atoms with van der Waals surface area (Å²) in [5.74, 6) is -0.580. The first kappa shape index (κ1) is 24.0. The van der Waals surface area contributed by atoms with Gasteiger partial charge in [0.2, 0.25) is 10.0 Å². The zero-order chi connectivity index (χ0) is 24.5. The van der Waals surface area contributed by atoms with Crippen molar-refractivity contribution >= 4 is 27.0 Å². The van der Waals surface area contributed by atoms with E-state index in [9.17, 15) is 18.0 Å². The van der Waals surface area contributed by atoms with Gasteiger partial charge in [-0.25, -0.2) is 13.4 Å². The second kappa shape index (κ2) is 9.65. The second-order valence-electron chi connectivity index (χ2n) is 8.35. The van der Waals surface area contributed by atoms with E-state index in [0.717, 1.165) is 12.1 Å². The Morgan fingerprint density at radius 1 is 1.21 bits per heavy atom. The first-order chi connectivity index (χ1) is 16.2. The number of fused-ring (bicyclic) bond motifs is 1. The number of H-pyrrole nitrogens is 1. The van der Waals surface area contributed by atoms with E-state index in [1.54, 1.807) is 19.2 Å². The summed E-state index contributed by atoms with van der Waals surface area (Å²) in [7, 11) is -2.06. The van der Waals surface area contributed by atoms with Crippen LogP contribution in [0.5, 0.6) is 0 Å². The molecule has 12 heteroatoms. The Balaban J connectivity index is 1.61. The molecule has 0 atom stereocenters. The molecule has 0 aliphatic carbocycles. The molecular weight excluding hydrogens is 460 g/mol. The number of hydrogen-bond acceptors (Lipinski definition) is 7. The molecule has 11 nitrogen and oxygen atoms in total. The fraction of sp³-hybridized carbons (Fsp3) is 0.455. The molecule has 0 radical (unpaired) electrons. The predicted molar refractivity (Wildman–Crippen MR) is 126 cm³/mol. The lowest BCUT2D eigenvalue weighted by molar-refractivity contribution is -0.137. The Morgan fingerprint density at radius 2 is 1.94 bits per heavy atom. The van der Waals surface area contributed by atoms with Crippen LogP contribution in [0, 0.1) is 0 Å². The number of aromatic amines is 1. The van der Waals surface area contributed by atoms with Gasteiger partial charge in [-0.3, -0.25) is 14.3 Å². The molecule has 0 amide bonds. The smallest absolute Gasteiger partial charge is 0.304 e. The molecule has 3 aromatic rings. The number of nitrogens with one attached hydrogen (secondary N) is 1. The summed E-state index contributed by atoms with van der Waals surface area (Å²) < 4.78 is 29.5. The van der Waals surface area contributed by atoms with Gasteiger partial charge >= 0.3 is 5.97 Å². The van der Waals surface area contributed by atoms with Crippen LogP contribution in [0.25, 0.3) is 22.4 Å². The third-order valence-corrected chi connectivity index (χ3v) is 7.86. The highest BCUT2D eigenvalue weighted by atomic mass is 32.2. The van der Waals surface area contributed by atoms with Crippen molar-refractivity contribution in [1.29, 1.82) is 0 Å². The highest BCUT2D eigenvalue weighted by molar-refractivity contribution is 7.89. The molecule has 0 bridgehead atoms. The number of piperazine rings is 1. The van der Waals surface area contributed by atoms with Gasteiger partial charge in [0.05, 0.1) is 17.0 Å².